The SMILES string of the molecule is CN(C)c1ccc(C(=O)NCCc2ccsc2)cc1. The standard InChI is InChI=1S/C15H18N2OS/c1-17(2)14-5-3-13(4-6-14)15(18)16-9-7-12-8-10-19-11-12/h3-6,8,10-11H,7,9H2,1-2H3,(H,16,18). The van der Waals surface area contributed by atoms with Gasteiger partial charge in [0.2, 0.25) is 0 Å². The second-order valence-corrected chi connectivity index (χ2v) is 5.36. The maximum atomic E-state index is 11.9. The fraction of sp³-hybridized carbons (Fsp3) is 0.267. The number of carbonyl (C=O) groups is 1. The molecular formula is C15H18N2OS. The maximum absolute atomic E-state index is 11.9. The van der Waals surface area contributed by atoms with E-state index < -0.39 is 0 Å². The fourth-order valence-electron chi connectivity index (χ4n) is 1.77. The van der Waals surface area contributed by atoms with Crippen molar-refractivity contribution in [3.05, 3.63) is 52.2 Å². The third-order valence-corrected chi connectivity index (χ3v) is 3.66. The van der Waals surface area contributed by atoms with Gasteiger partial charge in [0.15, 0.2) is 0 Å². The van der Waals surface area contributed by atoms with Crippen LogP contribution < -0.4 is 10.2 Å². The van der Waals surface area contributed by atoms with E-state index >= 15 is 0 Å². The van der Waals surface area contributed by atoms with Crippen molar-refractivity contribution in [2.75, 3.05) is 25.5 Å². The van der Waals surface area contributed by atoms with Crippen molar-refractivity contribution >= 4 is 22.9 Å². The number of hydrogen-bond acceptors (Lipinski definition) is 3. The molecule has 0 bridgehead atoms. The van der Waals surface area contributed by atoms with Gasteiger partial charge in [0.05, 0.1) is 0 Å². The quantitative estimate of drug-likeness (QED) is 0.909. The third-order valence-electron chi connectivity index (χ3n) is 2.93. The Labute approximate surface area is 117 Å². The molecule has 0 aliphatic carbocycles. The van der Waals surface area contributed by atoms with Gasteiger partial charge in [-0.3, -0.25) is 4.79 Å². The van der Waals surface area contributed by atoms with E-state index in [1.807, 2.05) is 43.3 Å². The molecule has 0 saturated carbocycles. The molecule has 3 nitrogen and oxygen atoms in total. The predicted molar refractivity (Wildman–Crippen MR) is 81.1 cm³/mol. The smallest absolute Gasteiger partial charge is 0.251 e. The summed E-state index contributed by atoms with van der Waals surface area (Å²) in [7, 11) is 3.96. The Balaban J connectivity index is 1.85. The van der Waals surface area contributed by atoms with Gasteiger partial charge in [-0.2, -0.15) is 11.3 Å². The zero-order valence-corrected chi connectivity index (χ0v) is 12.0. The number of nitrogens with zero attached hydrogens (tertiary/aromatic N) is 1. The van der Waals surface area contributed by atoms with Crippen LogP contribution in [-0.4, -0.2) is 26.5 Å². The molecule has 2 rings (SSSR count). The molecule has 0 spiro atoms. The minimum atomic E-state index is -0.0134. The summed E-state index contributed by atoms with van der Waals surface area (Å²) in [5, 5.41) is 7.10. The number of amides is 1. The molecule has 1 aromatic carbocycles. The van der Waals surface area contributed by atoms with E-state index in [-0.39, 0.29) is 5.91 Å². The lowest BCUT2D eigenvalue weighted by Gasteiger charge is -2.12. The van der Waals surface area contributed by atoms with Crippen molar-refractivity contribution in [2.45, 2.75) is 6.42 Å². The van der Waals surface area contributed by atoms with E-state index in [2.05, 4.69) is 22.1 Å². The van der Waals surface area contributed by atoms with E-state index in [0.29, 0.717) is 12.1 Å². The van der Waals surface area contributed by atoms with Crippen molar-refractivity contribution in [3.63, 3.8) is 0 Å². The van der Waals surface area contributed by atoms with Crippen molar-refractivity contribution in [2.24, 2.45) is 0 Å². The lowest BCUT2D eigenvalue weighted by Crippen LogP contribution is -2.25. The highest BCUT2D eigenvalue weighted by Gasteiger charge is 2.05. The van der Waals surface area contributed by atoms with Crippen LogP contribution in [0.2, 0.25) is 0 Å². The van der Waals surface area contributed by atoms with Gasteiger partial charge in [0.1, 0.15) is 0 Å². The summed E-state index contributed by atoms with van der Waals surface area (Å²) < 4.78 is 0. The summed E-state index contributed by atoms with van der Waals surface area (Å²) >= 11 is 1.68. The van der Waals surface area contributed by atoms with E-state index in [4.69, 9.17) is 0 Å². The fourth-order valence-corrected chi connectivity index (χ4v) is 2.47. The van der Waals surface area contributed by atoms with Crippen LogP contribution in [-0.2, 0) is 6.42 Å². The molecule has 0 radical (unpaired) electrons. The molecule has 1 heterocycles. The Morgan fingerprint density at radius 3 is 2.53 bits per heavy atom. The highest BCUT2D eigenvalue weighted by molar-refractivity contribution is 7.07. The highest BCUT2D eigenvalue weighted by Crippen LogP contribution is 2.12. The minimum Gasteiger partial charge on any atom is -0.378 e. The van der Waals surface area contributed by atoms with Crippen molar-refractivity contribution < 1.29 is 4.79 Å². The molecular weight excluding hydrogens is 256 g/mol. The largest absolute Gasteiger partial charge is 0.378 e. The first-order valence-corrected chi connectivity index (χ1v) is 7.18. The molecule has 2 aromatic rings. The summed E-state index contributed by atoms with van der Waals surface area (Å²) in [6, 6.07) is 9.70. The number of carbonyl (C=O) groups excluding carboxylic acids is 1. The number of benzene rings is 1. The Hall–Kier alpha value is -1.81. The van der Waals surface area contributed by atoms with E-state index in [9.17, 15) is 4.79 Å². The lowest BCUT2D eigenvalue weighted by atomic mass is 10.2. The molecule has 0 atom stereocenters. The van der Waals surface area contributed by atoms with E-state index in [1.165, 1.54) is 5.56 Å². The predicted octanol–water partition coefficient (Wildman–Crippen LogP) is 2.79. The molecule has 19 heavy (non-hydrogen) atoms. The molecule has 0 fully saturated rings. The summed E-state index contributed by atoms with van der Waals surface area (Å²) in [5.74, 6) is -0.0134. The maximum Gasteiger partial charge on any atom is 0.251 e. The van der Waals surface area contributed by atoms with Gasteiger partial charge < -0.3 is 10.2 Å². The molecule has 0 aliphatic heterocycles. The van der Waals surface area contributed by atoms with Gasteiger partial charge in [0, 0.05) is 31.9 Å². The molecule has 0 aliphatic rings. The first kappa shape index (κ1) is 13.6. The average Bonchev–Trinajstić information content (AvgIpc) is 2.92. The van der Waals surface area contributed by atoms with Crippen LogP contribution >= 0.6 is 11.3 Å². The molecule has 0 unspecified atom stereocenters. The minimum absolute atomic E-state index is 0.0134. The first-order chi connectivity index (χ1) is 9.16. The summed E-state index contributed by atoms with van der Waals surface area (Å²) in [5.41, 5.74) is 3.07. The third kappa shape index (κ3) is 3.83. The Bertz CT molecular complexity index is 518. The molecule has 1 N–H and O–H groups in total. The zero-order chi connectivity index (χ0) is 13.7. The molecule has 1 aromatic heterocycles. The van der Waals surface area contributed by atoms with E-state index in [1.54, 1.807) is 11.3 Å². The van der Waals surface area contributed by atoms with Crippen molar-refractivity contribution in [1.82, 2.24) is 5.32 Å². The first-order valence-electron chi connectivity index (χ1n) is 6.23. The van der Waals surface area contributed by atoms with Crippen LogP contribution in [0.4, 0.5) is 5.69 Å². The normalized spacial score (nSPS) is 10.2. The zero-order valence-electron chi connectivity index (χ0n) is 11.2. The second-order valence-electron chi connectivity index (χ2n) is 4.58. The van der Waals surface area contributed by atoms with Gasteiger partial charge >= 0.3 is 0 Å². The van der Waals surface area contributed by atoms with Crippen LogP contribution in [0.1, 0.15) is 15.9 Å². The Morgan fingerprint density at radius 1 is 1.21 bits per heavy atom. The summed E-state index contributed by atoms with van der Waals surface area (Å²) in [6.07, 6.45) is 0.880. The van der Waals surface area contributed by atoms with Gasteiger partial charge in [-0.05, 0) is 53.1 Å². The van der Waals surface area contributed by atoms with Gasteiger partial charge in [-0.1, -0.05) is 0 Å². The van der Waals surface area contributed by atoms with Crippen molar-refractivity contribution in [3.8, 4) is 0 Å². The average molecular weight is 274 g/mol. The van der Waals surface area contributed by atoms with Crippen LogP contribution in [0, 0.1) is 0 Å². The van der Waals surface area contributed by atoms with Gasteiger partial charge in [-0.15, -0.1) is 0 Å². The lowest BCUT2D eigenvalue weighted by molar-refractivity contribution is 0.0954. The summed E-state index contributed by atoms with van der Waals surface area (Å²) in [6.45, 7) is 0.672. The van der Waals surface area contributed by atoms with Crippen LogP contribution in [0.25, 0.3) is 0 Å². The Kier molecular flexibility index (Phi) is 4.58. The van der Waals surface area contributed by atoms with Crippen LogP contribution in [0.3, 0.4) is 0 Å². The second kappa shape index (κ2) is 6.38. The topological polar surface area (TPSA) is 32.3 Å². The summed E-state index contributed by atoms with van der Waals surface area (Å²) in [4.78, 5) is 13.9. The van der Waals surface area contributed by atoms with Crippen molar-refractivity contribution in [1.29, 1.82) is 0 Å². The van der Waals surface area contributed by atoms with Gasteiger partial charge in [-0.25, -0.2) is 0 Å². The van der Waals surface area contributed by atoms with Crippen LogP contribution in [0.15, 0.2) is 41.1 Å². The number of rotatable bonds is 5. The number of hydrogen-bond donors (Lipinski definition) is 1. The van der Waals surface area contributed by atoms with Crippen LogP contribution in [0.5, 0.6) is 0 Å². The molecule has 4 heteroatoms. The number of thiophene rings is 1. The number of nitrogens with one attached hydrogen (secondary N) is 1. The molecule has 100 valence electrons. The molecule has 0 saturated heterocycles. The van der Waals surface area contributed by atoms with E-state index in [0.717, 1.165) is 12.1 Å². The molecule has 1 amide bonds. The monoisotopic (exact) mass is 274 g/mol. The highest BCUT2D eigenvalue weighted by atomic mass is 32.1. The Morgan fingerprint density at radius 2 is 1.95 bits per heavy atom. The number of anilines is 1. The van der Waals surface area contributed by atoms with Gasteiger partial charge in [0.25, 0.3) is 5.91 Å².